The molecule has 0 aliphatic rings. The summed E-state index contributed by atoms with van der Waals surface area (Å²) in [5.41, 5.74) is 0. The van der Waals surface area contributed by atoms with Crippen molar-refractivity contribution in [3.8, 4) is 0 Å². The second-order valence-electron chi connectivity index (χ2n) is 16.1. The van der Waals surface area contributed by atoms with Gasteiger partial charge in [-0.2, -0.15) is 0 Å². The van der Waals surface area contributed by atoms with E-state index in [4.69, 9.17) is 18.5 Å². The zero-order valence-electron chi connectivity index (χ0n) is 37.5. The van der Waals surface area contributed by atoms with Crippen LogP contribution in [-0.2, 0) is 47.1 Å². The maximum absolute atomic E-state index is 12.7. The molecule has 0 rings (SSSR count). The summed E-state index contributed by atoms with van der Waals surface area (Å²) in [5.74, 6) is -1.80. The molecule has 14 heteroatoms. The summed E-state index contributed by atoms with van der Waals surface area (Å²) in [6.45, 7) is 4.51. The molecule has 0 aromatic rings. The number of rotatable bonds is 44. The molecule has 59 heavy (non-hydrogen) atoms. The summed E-state index contributed by atoms with van der Waals surface area (Å²) in [7, 11) is -4.61. The van der Waals surface area contributed by atoms with E-state index in [2.05, 4.69) is 24.5 Å². The number of phosphoric ester groups is 1. The summed E-state index contributed by atoms with van der Waals surface area (Å²) in [6, 6.07) is 0. The van der Waals surface area contributed by atoms with Crippen LogP contribution in [0.4, 0.5) is 0 Å². The molecule has 0 aliphatic heterocycles. The van der Waals surface area contributed by atoms with Crippen LogP contribution in [-0.4, -0.2) is 73.4 Å². The number of unbranched alkanes of at least 4 members (excludes halogenated alkanes) is 24. The monoisotopic (exact) mass is 861 g/mol. The van der Waals surface area contributed by atoms with Crippen LogP contribution in [0.15, 0.2) is 0 Å². The van der Waals surface area contributed by atoms with E-state index in [0.29, 0.717) is 12.8 Å². The first-order chi connectivity index (χ1) is 28.5. The molecule has 0 aromatic heterocycles. The van der Waals surface area contributed by atoms with Gasteiger partial charge in [-0.15, -0.1) is 0 Å². The molecule has 2 unspecified atom stereocenters. The average Bonchev–Trinajstić information content (AvgIpc) is 3.20. The highest BCUT2D eigenvalue weighted by Crippen LogP contribution is 2.43. The fraction of sp³-hybridized carbons (Fsp3) is 0.889. The highest BCUT2D eigenvalue weighted by atomic mass is 31.2. The number of carbonyl (C=O) groups excluding carboxylic acids is 5. The SMILES string of the molecule is CCCCCCCCCCCCCCCC(=O)OCC(COP(=O)(O)OCCNC(=O)CCCC(=O)NCC(C)=O)OC(=O)CCCCCCCCCCCCCCC. The molecule has 13 nitrogen and oxygen atoms in total. The van der Waals surface area contributed by atoms with E-state index in [1.165, 1.54) is 122 Å². The van der Waals surface area contributed by atoms with E-state index in [1.807, 2.05) is 0 Å². The smallest absolute Gasteiger partial charge is 0.462 e. The molecular formula is C45H85N2O11P. The molecule has 2 amide bonds. The number of phosphoric acid groups is 1. The van der Waals surface area contributed by atoms with Crippen LogP contribution in [0.5, 0.6) is 0 Å². The van der Waals surface area contributed by atoms with Gasteiger partial charge in [-0.05, 0) is 26.2 Å². The summed E-state index contributed by atoms with van der Waals surface area (Å²) in [6.07, 6.45) is 30.6. The summed E-state index contributed by atoms with van der Waals surface area (Å²) >= 11 is 0. The fourth-order valence-electron chi connectivity index (χ4n) is 6.57. The molecule has 0 heterocycles. The topological polar surface area (TPSA) is 184 Å². The first kappa shape index (κ1) is 56.7. The highest BCUT2D eigenvalue weighted by molar-refractivity contribution is 7.47. The zero-order valence-corrected chi connectivity index (χ0v) is 38.4. The minimum atomic E-state index is -4.61. The van der Waals surface area contributed by atoms with Gasteiger partial charge in [-0.25, -0.2) is 4.57 Å². The third kappa shape index (κ3) is 42.2. The van der Waals surface area contributed by atoms with Crippen LogP contribution in [0, 0.1) is 0 Å². The Kier molecular flexibility index (Phi) is 39.4. The number of carbonyl (C=O) groups is 5. The lowest BCUT2D eigenvalue weighted by Crippen LogP contribution is -2.30. The van der Waals surface area contributed by atoms with Gasteiger partial charge in [0.15, 0.2) is 6.10 Å². The van der Waals surface area contributed by atoms with Crippen LogP contribution in [0.2, 0.25) is 0 Å². The number of Topliss-reactive ketones (excluding diaryl/α,β-unsaturated/α-hetero) is 1. The Labute approximate surface area is 358 Å². The van der Waals surface area contributed by atoms with Crippen LogP contribution >= 0.6 is 7.82 Å². The largest absolute Gasteiger partial charge is 0.472 e. The van der Waals surface area contributed by atoms with Crippen molar-refractivity contribution in [1.29, 1.82) is 0 Å². The first-order valence-electron chi connectivity index (χ1n) is 23.5. The van der Waals surface area contributed by atoms with Gasteiger partial charge in [0.2, 0.25) is 11.8 Å². The van der Waals surface area contributed by atoms with Crippen molar-refractivity contribution >= 4 is 37.4 Å². The van der Waals surface area contributed by atoms with Crippen molar-refractivity contribution in [3.05, 3.63) is 0 Å². The average molecular weight is 861 g/mol. The number of hydrogen-bond donors (Lipinski definition) is 3. The number of esters is 2. The predicted molar refractivity (Wildman–Crippen MR) is 234 cm³/mol. The Morgan fingerprint density at radius 1 is 0.508 bits per heavy atom. The molecule has 0 spiro atoms. The first-order valence-corrected chi connectivity index (χ1v) is 25.0. The van der Waals surface area contributed by atoms with Crippen molar-refractivity contribution in [2.45, 2.75) is 226 Å². The van der Waals surface area contributed by atoms with Gasteiger partial charge in [0.25, 0.3) is 0 Å². The second kappa shape index (κ2) is 41.0. The molecule has 3 N–H and O–H groups in total. The lowest BCUT2D eigenvalue weighted by molar-refractivity contribution is -0.161. The number of ketones is 1. The molecule has 0 saturated heterocycles. The van der Waals surface area contributed by atoms with Crippen LogP contribution in [0.3, 0.4) is 0 Å². The van der Waals surface area contributed by atoms with Crippen LogP contribution in [0.25, 0.3) is 0 Å². The van der Waals surface area contributed by atoms with Gasteiger partial charge in [-0.3, -0.25) is 33.0 Å². The van der Waals surface area contributed by atoms with Crippen molar-refractivity contribution < 1.29 is 52.0 Å². The highest BCUT2D eigenvalue weighted by Gasteiger charge is 2.26. The van der Waals surface area contributed by atoms with Gasteiger partial charge in [0, 0.05) is 32.2 Å². The van der Waals surface area contributed by atoms with Crippen molar-refractivity contribution in [3.63, 3.8) is 0 Å². The molecular weight excluding hydrogens is 775 g/mol. The maximum atomic E-state index is 12.7. The Hall–Kier alpha value is -2.34. The Bertz CT molecular complexity index is 1120. The Morgan fingerprint density at radius 3 is 1.36 bits per heavy atom. The van der Waals surface area contributed by atoms with Crippen molar-refractivity contribution in [2.75, 3.05) is 32.9 Å². The van der Waals surface area contributed by atoms with Gasteiger partial charge < -0.3 is 25.0 Å². The molecule has 346 valence electrons. The van der Waals surface area contributed by atoms with E-state index in [-0.39, 0.29) is 76.0 Å². The van der Waals surface area contributed by atoms with E-state index in [0.717, 1.165) is 38.5 Å². The number of amides is 2. The number of hydrogen-bond acceptors (Lipinski definition) is 10. The predicted octanol–water partition coefficient (Wildman–Crippen LogP) is 10.5. The minimum Gasteiger partial charge on any atom is -0.462 e. The standard InChI is InChI=1S/C45H85N2O11P/c1-4-6-8-10-12-14-16-18-20-22-24-26-28-33-44(51)55-38-41(58-45(52)34-29-27-25-23-21-19-17-15-13-11-9-7-5-2)39-57-59(53,54)56-36-35-46-42(49)31-30-32-43(50)47-37-40(3)48/h41H,4-39H2,1-3H3,(H,46,49)(H,47,50)(H,53,54). The second-order valence-corrected chi connectivity index (χ2v) is 17.5. The van der Waals surface area contributed by atoms with E-state index >= 15 is 0 Å². The number of ether oxygens (including phenoxy) is 2. The summed E-state index contributed by atoms with van der Waals surface area (Å²) < 4.78 is 33.6. The van der Waals surface area contributed by atoms with Crippen LogP contribution < -0.4 is 10.6 Å². The molecule has 0 aliphatic carbocycles. The maximum Gasteiger partial charge on any atom is 0.472 e. The van der Waals surface area contributed by atoms with Crippen molar-refractivity contribution in [1.82, 2.24) is 10.6 Å². The molecule has 0 radical (unpaired) electrons. The quantitative estimate of drug-likeness (QED) is 0.0301. The Morgan fingerprint density at radius 2 is 0.915 bits per heavy atom. The van der Waals surface area contributed by atoms with Crippen LogP contribution in [0.1, 0.15) is 220 Å². The fourth-order valence-corrected chi connectivity index (χ4v) is 7.32. The number of nitrogens with one attached hydrogen (secondary N) is 2. The normalized spacial score (nSPS) is 12.7. The molecule has 2 atom stereocenters. The van der Waals surface area contributed by atoms with Crippen molar-refractivity contribution in [2.24, 2.45) is 0 Å². The third-order valence-corrected chi connectivity index (χ3v) is 11.1. The molecule has 0 bridgehead atoms. The van der Waals surface area contributed by atoms with Gasteiger partial charge in [0.05, 0.1) is 19.8 Å². The zero-order chi connectivity index (χ0) is 43.7. The Balaban J connectivity index is 4.58. The minimum absolute atomic E-state index is 0.0468. The van der Waals surface area contributed by atoms with E-state index in [1.54, 1.807) is 0 Å². The van der Waals surface area contributed by atoms with E-state index in [9.17, 15) is 33.4 Å². The summed E-state index contributed by atoms with van der Waals surface area (Å²) in [4.78, 5) is 70.2. The van der Waals surface area contributed by atoms with Gasteiger partial charge >= 0.3 is 19.8 Å². The lowest BCUT2D eigenvalue weighted by atomic mass is 10.0. The lowest BCUT2D eigenvalue weighted by Gasteiger charge is -2.20. The molecule has 0 aromatic carbocycles. The molecule has 0 saturated carbocycles. The van der Waals surface area contributed by atoms with Gasteiger partial charge in [-0.1, -0.05) is 168 Å². The molecule has 0 fully saturated rings. The van der Waals surface area contributed by atoms with Gasteiger partial charge in [0.1, 0.15) is 12.4 Å². The summed E-state index contributed by atoms with van der Waals surface area (Å²) in [5, 5.41) is 4.99. The third-order valence-electron chi connectivity index (χ3n) is 10.1. The van der Waals surface area contributed by atoms with E-state index < -0.39 is 32.5 Å².